The molecule has 1 N–H and O–H groups in total. The van der Waals surface area contributed by atoms with Crippen molar-refractivity contribution in [3.05, 3.63) is 0 Å². The monoisotopic (exact) mass is 197 g/mol. The summed E-state index contributed by atoms with van der Waals surface area (Å²) in [5.74, 6) is 0. The van der Waals surface area contributed by atoms with Crippen LogP contribution in [0.2, 0.25) is 0 Å². The highest BCUT2D eigenvalue weighted by atomic mass is 15.2. The van der Waals surface area contributed by atoms with Gasteiger partial charge in [-0.05, 0) is 19.4 Å². The minimum Gasteiger partial charge on any atom is -0.314 e. The molecule has 0 atom stereocenters. The maximum atomic E-state index is 3.40. The first-order valence-electron chi connectivity index (χ1n) is 6.07. The molecule has 82 valence electrons. The molecule has 0 amide bonds. The van der Waals surface area contributed by atoms with Gasteiger partial charge in [-0.25, -0.2) is 0 Å². The molecule has 1 aliphatic carbocycles. The van der Waals surface area contributed by atoms with Crippen molar-refractivity contribution in [2.75, 3.05) is 45.8 Å². The zero-order valence-electron chi connectivity index (χ0n) is 9.34. The predicted octanol–water partition coefficient (Wildman–Crippen LogP) is 0.376. The van der Waals surface area contributed by atoms with Crippen LogP contribution in [-0.2, 0) is 0 Å². The Labute approximate surface area is 87.4 Å². The topological polar surface area (TPSA) is 18.5 Å². The standard InChI is InChI=1S/C11H23N3/c1-2-14(11-3-4-11)10-9-13-7-5-12-6-8-13/h11-12H,2-10H2,1H3. The van der Waals surface area contributed by atoms with Crippen LogP contribution in [0.3, 0.4) is 0 Å². The van der Waals surface area contributed by atoms with Gasteiger partial charge in [-0.1, -0.05) is 6.92 Å². The lowest BCUT2D eigenvalue weighted by Gasteiger charge is -2.30. The Hall–Kier alpha value is -0.120. The largest absolute Gasteiger partial charge is 0.314 e. The molecule has 1 saturated heterocycles. The van der Waals surface area contributed by atoms with Crippen molar-refractivity contribution in [2.24, 2.45) is 0 Å². The van der Waals surface area contributed by atoms with Crippen LogP contribution in [0, 0.1) is 0 Å². The van der Waals surface area contributed by atoms with E-state index >= 15 is 0 Å². The van der Waals surface area contributed by atoms with Crippen LogP contribution >= 0.6 is 0 Å². The van der Waals surface area contributed by atoms with Crippen molar-refractivity contribution >= 4 is 0 Å². The number of hydrogen-bond acceptors (Lipinski definition) is 3. The van der Waals surface area contributed by atoms with E-state index in [1.165, 1.54) is 58.7 Å². The molecule has 0 radical (unpaired) electrons. The summed E-state index contributed by atoms with van der Waals surface area (Å²) in [4.78, 5) is 5.23. The van der Waals surface area contributed by atoms with Gasteiger partial charge in [0.15, 0.2) is 0 Å². The molecule has 14 heavy (non-hydrogen) atoms. The van der Waals surface area contributed by atoms with Crippen molar-refractivity contribution < 1.29 is 0 Å². The fourth-order valence-corrected chi connectivity index (χ4v) is 2.24. The molecule has 3 heteroatoms. The van der Waals surface area contributed by atoms with Crippen LogP contribution in [0.4, 0.5) is 0 Å². The molecule has 1 saturated carbocycles. The van der Waals surface area contributed by atoms with Crippen LogP contribution in [-0.4, -0.2) is 61.7 Å². The lowest BCUT2D eigenvalue weighted by Crippen LogP contribution is -2.46. The fourth-order valence-electron chi connectivity index (χ4n) is 2.24. The molecule has 0 aromatic heterocycles. The lowest BCUT2D eigenvalue weighted by atomic mass is 10.3. The smallest absolute Gasteiger partial charge is 0.0112 e. The molecular weight excluding hydrogens is 174 g/mol. The summed E-state index contributed by atoms with van der Waals surface area (Å²) in [6, 6.07) is 0.933. The number of nitrogens with one attached hydrogen (secondary N) is 1. The molecular formula is C11H23N3. The Balaban J connectivity index is 1.63. The number of likely N-dealkylation sites (N-methyl/N-ethyl adjacent to an activating group) is 1. The van der Waals surface area contributed by atoms with E-state index in [-0.39, 0.29) is 0 Å². The molecule has 0 spiro atoms. The number of nitrogens with zero attached hydrogens (tertiary/aromatic N) is 2. The molecule has 0 bridgehead atoms. The van der Waals surface area contributed by atoms with Gasteiger partial charge in [0.1, 0.15) is 0 Å². The summed E-state index contributed by atoms with van der Waals surface area (Å²) in [7, 11) is 0. The van der Waals surface area contributed by atoms with Gasteiger partial charge in [0.2, 0.25) is 0 Å². The van der Waals surface area contributed by atoms with Gasteiger partial charge in [0.05, 0.1) is 0 Å². The number of hydrogen-bond donors (Lipinski definition) is 1. The van der Waals surface area contributed by atoms with Crippen LogP contribution < -0.4 is 5.32 Å². The average molecular weight is 197 g/mol. The van der Waals surface area contributed by atoms with E-state index in [2.05, 4.69) is 22.0 Å². The molecule has 1 heterocycles. The van der Waals surface area contributed by atoms with Crippen molar-refractivity contribution in [1.82, 2.24) is 15.1 Å². The van der Waals surface area contributed by atoms with Gasteiger partial charge in [-0.2, -0.15) is 0 Å². The van der Waals surface area contributed by atoms with E-state index < -0.39 is 0 Å². The Morgan fingerprint density at radius 3 is 2.57 bits per heavy atom. The summed E-state index contributed by atoms with van der Waals surface area (Å²) >= 11 is 0. The van der Waals surface area contributed by atoms with Gasteiger partial charge in [0, 0.05) is 45.3 Å². The first-order chi connectivity index (χ1) is 6.90. The highest BCUT2D eigenvalue weighted by Crippen LogP contribution is 2.26. The normalized spacial score (nSPS) is 24.4. The third kappa shape index (κ3) is 2.94. The van der Waals surface area contributed by atoms with E-state index in [9.17, 15) is 0 Å². The Bertz CT molecular complexity index is 162. The van der Waals surface area contributed by atoms with Gasteiger partial charge in [0.25, 0.3) is 0 Å². The highest BCUT2D eigenvalue weighted by molar-refractivity contribution is 4.84. The Morgan fingerprint density at radius 2 is 2.00 bits per heavy atom. The minimum atomic E-state index is 0.933. The van der Waals surface area contributed by atoms with Gasteiger partial charge in [-0.3, -0.25) is 9.80 Å². The second kappa shape index (κ2) is 5.10. The average Bonchev–Trinajstić information content (AvgIpc) is 3.05. The number of rotatable bonds is 5. The maximum absolute atomic E-state index is 3.40. The third-order valence-electron chi connectivity index (χ3n) is 3.38. The van der Waals surface area contributed by atoms with Crippen LogP contribution in [0.1, 0.15) is 19.8 Å². The van der Waals surface area contributed by atoms with Crippen molar-refractivity contribution in [3.63, 3.8) is 0 Å². The van der Waals surface area contributed by atoms with Crippen molar-refractivity contribution in [1.29, 1.82) is 0 Å². The second-order valence-corrected chi connectivity index (χ2v) is 4.45. The first kappa shape index (κ1) is 10.4. The summed E-state index contributed by atoms with van der Waals surface area (Å²) in [6.07, 6.45) is 2.88. The van der Waals surface area contributed by atoms with Crippen LogP contribution in [0.5, 0.6) is 0 Å². The van der Waals surface area contributed by atoms with Crippen molar-refractivity contribution in [3.8, 4) is 0 Å². The van der Waals surface area contributed by atoms with Gasteiger partial charge >= 0.3 is 0 Å². The number of piperazine rings is 1. The third-order valence-corrected chi connectivity index (χ3v) is 3.38. The minimum absolute atomic E-state index is 0.933. The second-order valence-electron chi connectivity index (χ2n) is 4.45. The van der Waals surface area contributed by atoms with Gasteiger partial charge in [-0.15, -0.1) is 0 Å². The summed E-state index contributed by atoms with van der Waals surface area (Å²) in [5, 5.41) is 3.40. The van der Waals surface area contributed by atoms with Crippen molar-refractivity contribution in [2.45, 2.75) is 25.8 Å². The molecule has 0 aromatic rings. The molecule has 2 fully saturated rings. The maximum Gasteiger partial charge on any atom is 0.0112 e. The lowest BCUT2D eigenvalue weighted by molar-refractivity contribution is 0.188. The molecule has 2 aliphatic rings. The molecule has 0 unspecified atom stereocenters. The van der Waals surface area contributed by atoms with E-state index in [1.807, 2.05) is 0 Å². The molecule has 1 aliphatic heterocycles. The highest BCUT2D eigenvalue weighted by Gasteiger charge is 2.27. The zero-order chi connectivity index (χ0) is 9.80. The van der Waals surface area contributed by atoms with E-state index in [4.69, 9.17) is 0 Å². The zero-order valence-corrected chi connectivity index (χ0v) is 9.34. The van der Waals surface area contributed by atoms with Crippen LogP contribution in [0.25, 0.3) is 0 Å². The van der Waals surface area contributed by atoms with Gasteiger partial charge < -0.3 is 5.32 Å². The summed E-state index contributed by atoms with van der Waals surface area (Å²) < 4.78 is 0. The quantitative estimate of drug-likeness (QED) is 0.687. The molecule has 0 aromatic carbocycles. The first-order valence-corrected chi connectivity index (χ1v) is 6.07. The van der Waals surface area contributed by atoms with E-state index in [0.717, 1.165) is 6.04 Å². The SMILES string of the molecule is CCN(CCN1CCNCC1)C1CC1. The van der Waals surface area contributed by atoms with Crippen LogP contribution in [0.15, 0.2) is 0 Å². The summed E-state index contributed by atoms with van der Waals surface area (Å²) in [5.41, 5.74) is 0. The summed E-state index contributed by atoms with van der Waals surface area (Å²) in [6.45, 7) is 10.9. The molecule has 3 nitrogen and oxygen atoms in total. The fraction of sp³-hybridized carbons (Fsp3) is 1.00. The predicted molar refractivity (Wildman–Crippen MR) is 59.6 cm³/mol. The Morgan fingerprint density at radius 1 is 1.29 bits per heavy atom. The van der Waals surface area contributed by atoms with E-state index in [0.29, 0.717) is 0 Å². The van der Waals surface area contributed by atoms with E-state index in [1.54, 1.807) is 0 Å². The molecule has 2 rings (SSSR count). The Kier molecular flexibility index (Phi) is 3.79.